The summed E-state index contributed by atoms with van der Waals surface area (Å²) in [6.07, 6.45) is 2.91. The van der Waals surface area contributed by atoms with E-state index in [1.165, 1.54) is 13.0 Å². The van der Waals surface area contributed by atoms with Crippen LogP contribution in [0.25, 0.3) is 0 Å². The van der Waals surface area contributed by atoms with Crippen LogP contribution >= 0.6 is 0 Å². The number of benzene rings is 1. The van der Waals surface area contributed by atoms with Crippen LogP contribution in [-0.4, -0.2) is 25.1 Å². The van der Waals surface area contributed by atoms with E-state index < -0.39 is 0 Å². The van der Waals surface area contributed by atoms with E-state index in [1.54, 1.807) is 37.3 Å². The van der Waals surface area contributed by atoms with Crippen LogP contribution in [0.1, 0.15) is 13.8 Å². The fourth-order valence-corrected chi connectivity index (χ4v) is 1.32. The van der Waals surface area contributed by atoms with Crippen molar-refractivity contribution in [3.05, 3.63) is 36.4 Å². The molecule has 0 saturated heterocycles. The highest BCUT2D eigenvalue weighted by atomic mass is 16.5. The summed E-state index contributed by atoms with van der Waals surface area (Å²) in [5.41, 5.74) is 0.710. The van der Waals surface area contributed by atoms with Crippen LogP contribution < -0.4 is 10.1 Å². The zero-order chi connectivity index (χ0) is 14.1. The molecule has 0 atom stereocenters. The van der Waals surface area contributed by atoms with Gasteiger partial charge in [0.1, 0.15) is 12.4 Å². The summed E-state index contributed by atoms with van der Waals surface area (Å²) >= 11 is 0. The maximum absolute atomic E-state index is 11.0. The second-order valence-electron chi connectivity index (χ2n) is 3.67. The molecule has 0 unspecified atom stereocenters. The Labute approximate surface area is 112 Å². The van der Waals surface area contributed by atoms with E-state index in [1.807, 2.05) is 0 Å². The number of carbonyl (C=O) groups excluding carboxylic acids is 2. The summed E-state index contributed by atoms with van der Waals surface area (Å²) in [6.45, 7) is 3.83. The van der Waals surface area contributed by atoms with E-state index >= 15 is 0 Å². The lowest BCUT2D eigenvalue weighted by atomic mass is 10.3. The molecule has 0 heterocycles. The number of esters is 1. The van der Waals surface area contributed by atoms with Crippen LogP contribution in [0.15, 0.2) is 36.4 Å². The van der Waals surface area contributed by atoms with Gasteiger partial charge in [-0.15, -0.1) is 0 Å². The Morgan fingerprint density at radius 1 is 1.26 bits per heavy atom. The van der Waals surface area contributed by atoms with Gasteiger partial charge < -0.3 is 14.8 Å². The number of hydrogen-bond acceptors (Lipinski definition) is 4. The minimum Gasteiger partial charge on any atom is -0.490 e. The molecule has 1 aromatic carbocycles. The zero-order valence-corrected chi connectivity index (χ0v) is 11.0. The Bertz CT molecular complexity index is 451. The van der Waals surface area contributed by atoms with E-state index in [4.69, 9.17) is 9.47 Å². The molecular formula is C14H17NO4. The van der Waals surface area contributed by atoms with Gasteiger partial charge in [0.25, 0.3) is 0 Å². The number of carbonyl (C=O) groups is 2. The highest BCUT2D eigenvalue weighted by molar-refractivity contribution is 5.88. The molecule has 19 heavy (non-hydrogen) atoms. The summed E-state index contributed by atoms with van der Waals surface area (Å²) in [7, 11) is 0. The predicted molar refractivity (Wildman–Crippen MR) is 72.0 cm³/mol. The van der Waals surface area contributed by atoms with Crippen LogP contribution in [0.4, 0.5) is 5.69 Å². The Hall–Kier alpha value is -2.30. The first-order chi connectivity index (χ1) is 9.11. The molecule has 0 spiro atoms. The van der Waals surface area contributed by atoms with Crippen molar-refractivity contribution >= 4 is 17.6 Å². The first-order valence-electron chi connectivity index (χ1n) is 5.95. The third-order valence-electron chi connectivity index (χ3n) is 2.06. The van der Waals surface area contributed by atoms with Crippen LogP contribution in [0.5, 0.6) is 5.75 Å². The summed E-state index contributed by atoms with van der Waals surface area (Å²) < 4.78 is 10.1. The van der Waals surface area contributed by atoms with Crippen molar-refractivity contribution in [3.63, 3.8) is 0 Å². The monoisotopic (exact) mass is 263 g/mol. The molecule has 5 heteroatoms. The van der Waals surface area contributed by atoms with Crippen LogP contribution in [0, 0.1) is 0 Å². The Kier molecular flexibility index (Phi) is 6.15. The van der Waals surface area contributed by atoms with Gasteiger partial charge in [-0.2, -0.15) is 0 Å². The third-order valence-corrected chi connectivity index (χ3v) is 2.06. The second-order valence-corrected chi connectivity index (χ2v) is 3.67. The molecule has 1 aromatic rings. The largest absolute Gasteiger partial charge is 0.490 e. The average molecular weight is 263 g/mol. The summed E-state index contributed by atoms with van der Waals surface area (Å²) in [5.74, 6) is 0.153. The molecule has 0 radical (unpaired) electrons. The van der Waals surface area contributed by atoms with Crippen molar-refractivity contribution in [3.8, 4) is 5.75 Å². The zero-order valence-electron chi connectivity index (χ0n) is 11.0. The molecule has 0 aliphatic carbocycles. The first-order valence-corrected chi connectivity index (χ1v) is 5.95. The van der Waals surface area contributed by atoms with Gasteiger partial charge in [0.05, 0.1) is 6.61 Å². The lowest BCUT2D eigenvalue weighted by Crippen LogP contribution is -2.05. The summed E-state index contributed by atoms with van der Waals surface area (Å²) in [6, 6.07) is 6.96. The number of ether oxygens (including phenoxy) is 2. The molecule has 0 fully saturated rings. The molecule has 1 rings (SSSR count). The fourth-order valence-electron chi connectivity index (χ4n) is 1.32. The summed E-state index contributed by atoms with van der Waals surface area (Å²) in [5, 5.41) is 2.66. The molecule has 1 N–H and O–H groups in total. The van der Waals surface area contributed by atoms with Crippen molar-refractivity contribution in [1.82, 2.24) is 0 Å². The SMILES string of the molecule is CCOC(=O)/C=C/COc1ccc(NC(C)=O)cc1. The van der Waals surface area contributed by atoms with Crippen molar-refractivity contribution < 1.29 is 19.1 Å². The van der Waals surface area contributed by atoms with E-state index in [9.17, 15) is 9.59 Å². The molecule has 0 aliphatic rings. The average Bonchev–Trinajstić information content (AvgIpc) is 2.36. The lowest BCUT2D eigenvalue weighted by Gasteiger charge is -2.05. The normalized spacial score (nSPS) is 10.2. The Balaban J connectivity index is 2.37. The van der Waals surface area contributed by atoms with Crippen molar-refractivity contribution in [2.24, 2.45) is 0 Å². The fraction of sp³-hybridized carbons (Fsp3) is 0.286. The number of amides is 1. The van der Waals surface area contributed by atoms with Gasteiger partial charge in [0.2, 0.25) is 5.91 Å². The molecule has 0 aliphatic heterocycles. The van der Waals surface area contributed by atoms with E-state index in [0.717, 1.165) is 0 Å². The number of nitrogens with one attached hydrogen (secondary N) is 1. The molecule has 1 amide bonds. The Morgan fingerprint density at radius 3 is 2.53 bits per heavy atom. The lowest BCUT2D eigenvalue weighted by molar-refractivity contribution is -0.137. The van der Waals surface area contributed by atoms with Gasteiger partial charge in [-0.05, 0) is 37.3 Å². The highest BCUT2D eigenvalue weighted by Gasteiger charge is 1.97. The maximum Gasteiger partial charge on any atom is 0.330 e. The molecule has 0 saturated carbocycles. The quantitative estimate of drug-likeness (QED) is 0.631. The van der Waals surface area contributed by atoms with Gasteiger partial charge in [0.15, 0.2) is 0 Å². The summed E-state index contributed by atoms with van der Waals surface area (Å²) in [4.78, 5) is 21.8. The molecule has 0 aromatic heterocycles. The van der Waals surface area contributed by atoms with E-state index in [2.05, 4.69) is 5.32 Å². The maximum atomic E-state index is 11.0. The number of rotatable bonds is 6. The van der Waals surface area contributed by atoms with Gasteiger partial charge in [-0.1, -0.05) is 0 Å². The third kappa shape index (κ3) is 6.26. The number of anilines is 1. The standard InChI is InChI=1S/C14H17NO4/c1-3-18-14(17)5-4-10-19-13-8-6-12(7-9-13)15-11(2)16/h4-9H,3,10H2,1-2H3,(H,15,16)/b5-4+. The molecule has 0 bridgehead atoms. The molecule has 102 valence electrons. The van der Waals surface area contributed by atoms with E-state index in [0.29, 0.717) is 18.0 Å². The highest BCUT2D eigenvalue weighted by Crippen LogP contribution is 2.15. The topological polar surface area (TPSA) is 64.6 Å². The Morgan fingerprint density at radius 2 is 1.95 bits per heavy atom. The van der Waals surface area contributed by atoms with Gasteiger partial charge in [-0.3, -0.25) is 4.79 Å². The van der Waals surface area contributed by atoms with Crippen molar-refractivity contribution in [2.45, 2.75) is 13.8 Å². The van der Waals surface area contributed by atoms with Crippen molar-refractivity contribution in [2.75, 3.05) is 18.5 Å². The molecule has 5 nitrogen and oxygen atoms in total. The van der Waals surface area contributed by atoms with Crippen LogP contribution in [0.3, 0.4) is 0 Å². The first kappa shape index (κ1) is 14.8. The van der Waals surface area contributed by atoms with Crippen LogP contribution in [0.2, 0.25) is 0 Å². The molecular weight excluding hydrogens is 246 g/mol. The minimum absolute atomic E-state index is 0.119. The smallest absolute Gasteiger partial charge is 0.330 e. The van der Waals surface area contributed by atoms with Gasteiger partial charge in [0, 0.05) is 18.7 Å². The number of hydrogen-bond donors (Lipinski definition) is 1. The van der Waals surface area contributed by atoms with Gasteiger partial charge >= 0.3 is 5.97 Å². The predicted octanol–water partition coefficient (Wildman–Crippen LogP) is 2.14. The van der Waals surface area contributed by atoms with Crippen molar-refractivity contribution in [1.29, 1.82) is 0 Å². The van der Waals surface area contributed by atoms with Crippen LogP contribution in [-0.2, 0) is 14.3 Å². The van der Waals surface area contributed by atoms with E-state index in [-0.39, 0.29) is 18.5 Å². The van der Waals surface area contributed by atoms with Gasteiger partial charge in [-0.25, -0.2) is 4.79 Å². The second kappa shape index (κ2) is 7.92. The minimum atomic E-state index is -0.382.